The molecule has 130 valence electrons. The molecule has 1 aliphatic heterocycles. The van der Waals surface area contributed by atoms with Crippen LogP contribution in [0, 0.1) is 11.7 Å². The summed E-state index contributed by atoms with van der Waals surface area (Å²) in [6, 6.07) is 5.44. The highest BCUT2D eigenvalue weighted by molar-refractivity contribution is 5.25. The molecule has 23 heavy (non-hydrogen) atoms. The van der Waals surface area contributed by atoms with Crippen LogP contribution >= 0.6 is 0 Å². The van der Waals surface area contributed by atoms with Crippen LogP contribution in [0.25, 0.3) is 0 Å². The molecule has 2 rings (SSSR count). The minimum absolute atomic E-state index is 0.124. The van der Waals surface area contributed by atoms with Gasteiger partial charge in [-0.05, 0) is 30.9 Å². The molecule has 0 aliphatic carbocycles. The average molecular weight is 322 g/mol. The maximum atomic E-state index is 14.3. The van der Waals surface area contributed by atoms with E-state index in [4.69, 9.17) is 9.47 Å². The summed E-state index contributed by atoms with van der Waals surface area (Å²) in [5, 5.41) is 0. The zero-order valence-electron chi connectivity index (χ0n) is 14.7. The molecule has 0 atom stereocenters. The van der Waals surface area contributed by atoms with Crippen molar-refractivity contribution in [3.8, 4) is 0 Å². The van der Waals surface area contributed by atoms with Gasteiger partial charge < -0.3 is 9.47 Å². The van der Waals surface area contributed by atoms with Crippen molar-refractivity contribution >= 4 is 0 Å². The van der Waals surface area contributed by atoms with Gasteiger partial charge in [-0.1, -0.05) is 58.1 Å². The maximum absolute atomic E-state index is 14.3. The van der Waals surface area contributed by atoms with Crippen molar-refractivity contribution in [2.45, 2.75) is 71.5 Å². The fraction of sp³-hybridized carbons (Fsp3) is 0.700. The van der Waals surface area contributed by atoms with E-state index < -0.39 is 6.29 Å². The second-order valence-corrected chi connectivity index (χ2v) is 6.67. The minimum Gasteiger partial charge on any atom is -0.348 e. The van der Waals surface area contributed by atoms with E-state index in [0.29, 0.717) is 19.1 Å². The molecule has 1 saturated heterocycles. The number of unbranched alkanes of at least 4 members (excludes halogenated alkanes) is 4. The van der Waals surface area contributed by atoms with Gasteiger partial charge in [0.05, 0.1) is 13.2 Å². The van der Waals surface area contributed by atoms with Gasteiger partial charge in [-0.25, -0.2) is 4.39 Å². The largest absolute Gasteiger partial charge is 0.348 e. The number of rotatable bonds is 9. The van der Waals surface area contributed by atoms with Crippen LogP contribution in [0.15, 0.2) is 18.2 Å². The first-order chi connectivity index (χ1) is 11.2. The van der Waals surface area contributed by atoms with Crippen molar-refractivity contribution in [2.75, 3.05) is 13.2 Å². The highest BCUT2D eigenvalue weighted by atomic mass is 19.1. The normalized spacial score (nSPS) is 21.5. The molecule has 0 spiro atoms. The van der Waals surface area contributed by atoms with Gasteiger partial charge in [0.1, 0.15) is 5.82 Å². The Hall–Kier alpha value is -0.930. The van der Waals surface area contributed by atoms with Crippen molar-refractivity contribution in [1.29, 1.82) is 0 Å². The predicted molar refractivity (Wildman–Crippen MR) is 91.9 cm³/mol. The summed E-state index contributed by atoms with van der Waals surface area (Å²) in [5.74, 6) is 0.351. The Balaban J connectivity index is 1.82. The Morgan fingerprint density at radius 3 is 2.39 bits per heavy atom. The zero-order valence-corrected chi connectivity index (χ0v) is 14.7. The third kappa shape index (κ3) is 5.89. The number of ether oxygens (including phenoxy) is 2. The molecule has 1 aromatic rings. The third-order valence-electron chi connectivity index (χ3n) is 4.56. The van der Waals surface area contributed by atoms with Crippen LogP contribution in [0.1, 0.15) is 76.2 Å². The summed E-state index contributed by atoms with van der Waals surface area (Å²) < 4.78 is 25.8. The Labute approximate surface area is 140 Å². The molecule has 0 saturated carbocycles. The van der Waals surface area contributed by atoms with Gasteiger partial charge in [0.15, 0.2) is 6.29 Å². The predicted octanol–water partition coefficient (Wildman–Crippen LogP) is 5.80. The molecule has 1 aromatic carbocycles. The first kappa shape index (κ1) is 18.4. The number of hydrogen-bond donors (Lipinski definition) is 0. The van der Waals surface area contributed by atoms with Gasteiger partial charge in [0.2, 0.25) is 0 Å². The Kier molecular flexibility index (Phi) is 8.04. The van der Waals surface area contributed by atoms with E-state index in [9.17, 15) is 4.39 Å². The number of benzene rings is 1. The number of aryl methyl sites for hydroxylation is 1. The van der Waals surface area contributed by atoms with E-state index in [1.54, 1.807) is 6.07 Å². The molecular formula is C20H31FO2. The van der Waals surface area contributed by atoms with Crippen LogP contribution < -0.4 is 0 Å². The van der Waals surface area contributed by atoms with Crippen molar-refractivity contribution < 1.29 is 13.9 Å². The SMILES string of the molecule is CCCCCCCc1ccc(C2OCC(CCC)CO2)cc1F. The molecular weight excluding hydrogens is 291 g/mol. The molecule has 0 N–H and O–H groups in total. The summed E-state index contributed by atoms with van der Waals surface area (Å²) in [6.07, 6.45) is 8.69. The van der Waals surface area contributed by atoms with Crippen LogP contribution in [0.5, 0.6) is 0 Å². The Morgan fingerprint density at radius 2 is 1.74 bits per heavy atom. The molecule has 3 heteroatoms. The van der Waals surface area contributed by atoms with Crippen molar-refractivity contribution in [1.82, 2.24) is 0 Å². The molecule has 0 aromatic heterocycles. The quantitative estimate of drug-likeness (QED) is 0.535. The van der Waals surface area contributed by atoms with Crippen molar-refractivity contribution in [3.05, 3.63) is 35.1 Å². The minimum atomic E-state index is -0.406. The van der Waals surface area contributed by atoms with E-state index >= 15 is 0 Å². The standard InChI is InChI=1S/C20H31FO2/c1-3-5-6-7-8-10-17-11-12-18(13-19(17)21)20-22-14-16(9-4-2)15-23-20/h11-13,16,20H,3-10,14-15H2,1-2H3. The van der Waals surface area contributed by atoms with Gasteiger partial charge in [-0.3, -0.25) is 0 Å². The Morgan fingerprint density at radius 1 is 1.00 bits per heavy atom. The Bertz CT molecular complexity index is 453. The van der Waals surface area contributed by atoms with Crippen LogP contribution in [-0.4, -0.2) is 13.2 Å². The van der Waals surface area contributed by atoms with E-state index in [1.165, 1.54) is 25.7 Å². The molecule has 0 unspecified atom stereocenters. The van der Waals surface area contributed by atoms with Crippen LogP contribution in [0.2, 0.25) is 0 Å². The fourth-order valence-corrected chi connectivity index (χ4v) is 3.14. The number of halogens is 1. The lowest BCUT2D eigenvalue weighted by Crippen LogP contribution is -2.27. The lowest BCUT2D eigenvalue weighted by atomic mass is 10.0. The van der Waals surface area contributed by atoms with Crippen molar-refractivity contribution in [3.63, 3.8) is 0 Å². The summed E-state index contributed by atoms with van der Waals surface area (Å²) in [5.41, 5.74) is 1.61. The molecule has 0 amide bonds. The highest BCUT2D eigenvalue weighted by Crippen LogP contribution is 2.28. The zero-order chi connectivity index (χ0) is 16.5. The molecule has 0 bridgehead atoms. The average Bonchev–Trinajstić information content (AvgIpc) is 2.57. The second kappa shape index (κ2) is 10.0. The summed E-state index contributed by atoms with van der Waals surface area (Å²) >= 11 is 0. The lowest BCUT2D eigenvalue weighted by Gasteiger charge is -2.29. The lowest BCUT2D eigenvalue weighted by molar-refractivity contribution is -0.206. The summed E-state index contributed by atoms with van der Waals surface area (Å²) in [7, 11) is 0. The smallest absolute Gasteiger partial charge is 0.183 e. The van der Waals surface area contributed by atoms with E-state index in [0.717, 1.165) is 36.8 Å². The van der Waals surface area contributed by atoms with Crippen molar-refractivity contribution in [2.24, 2.45) is 5.92 Å². The van der Waals surface area contributed by atoms with Gasteiger partial charge in [-0.2, -0.15) is 0 Å². The second-order valence-electron chi connectivity index (χ2n) is 6.67. The molecule has 1 heterocycles. The molecule has 1 fully saturated rings. The molecule has 2 nitrogen and oxygen atoms in total. The first-order valence-electron chi connectivity index (χ1n) is 9.26. The molecule has 1 aliphatic rings. The fourth-order valence-electron chi connectivity index (χ4n) is 3.14. The van der Waals surface area contributed by atoms with Gasteiger partial charge in [0, 0.05) is 11.5 Å². The van der Waals surface area contributed by atoms with Gasteiger partial charge >= 0.3 is 0 Å². The maximum Gasteiger partial charge on any atom is 0.183 e. The first-order valence-corrected chi connectivity index (χ1v) is 9.26. The van der Waals surface area contributed by atoms with E-state index in [2.05, 4.69) is 13.8 Å². The van der Waals surface area contributed by atoms with E-state index in [1.807, 2.05) is 12.1 Å². The summed E-state index contributed by atoms with van der Waals surface area (Å²) in [6.45, 7) is 5.79. The topological polar surface area (TPSA) is 18.5 Å². The van der Waals surface area contributed by atoms with Crippen LogP contribution in [-0.2, 0) is 15.9 Å². The third-order valence-corrected chi connectivity index (χ3v) is 4.56. The monoisotopic (exact) mass is 322 g/mol. The van der Waals surface area contributed by atoms with Gasteiger partial charge in [-0.15, -0.1) is 0 Å². The highest BCUT2D eigenvalue weighted by Gasteiger charge is 2.23. The summed E-state index contributed by atoms with van der Waals surface area (Å²) in [4.78, 5) is 0. The van der Waals surface area contributed by atoms with Crippen LogP contribution in [0.3, 0.4) is 0 Å². The van der Waals surface area contributed by atoms with Gasteiger partial charge in [0.25, 0.3) is 0 Å². The van der Waals surface area contributed by atoms with Crippen LogP contribution in [0.4, 0.5) is 4.39 Å². The molecule has 0 radical (unpaired) electrons. The number of hydrogen-bond acceptors (Lipinski definition) is 2. The van der Waals surface area contributed by atoms with E-state index in [-0.39, 0.29) is 5.82 Å².